The Labute approximate surface area is 246 Å². The summed E-state index contributed by atoms with van der Waals surface area (Å²) < 4.78 is 41.7. The molecule has 13 heteroatoms. The number of nitriles is 2. The second-order valence-corrected chi connectivity index (χ2v) is 11.1. The second kappa shape index (κ2) is 11.9. The van der Waals surface area contributed by atoms with Gasteiger partial charge in [0.25, 0.3) is 0 Å². The third kappa shape index (κ3) is 6.27. The zero-order chi connectivity index (χ0) is 30.9. The van der Waals surface area contributed by atoms with E-state index in [0.717, 1.165) is 53.6 Å². The van der Waals surface area contributed by atoms with E-state index in [9.17, 15) is 18.0 Å². The summed E-state index contributed by atoms with van der Waals surface area (Å²) in [7, 11) is 1.26. The average molecular weight is 592 g/mol. The van der Waals surface area contributed by atoms with E-state index in [0.29, 0.717) is 34.6 Å². The van der Waals surface area contributed by atoms with Crippen LogP contribution in [0.1, 0.15) is 68.7 Å². The number of hydrogen-bond acceptors (Lipinski definition) is 7. The number of alkyl halides is 3. The Morgan fingerprint density at radius 1 is 1.00 bits per heavy atom. The minimum Gasteiger partial charge on any atom is -0.369 e. The van der Waals surface area contributed by atoms with Gasteiger partial charge in [0.05, 0.1) is 57.9 Å². The maximum atomic E-state index is 12.6. The molecule has 0 bridgehead atoms. The first-order valence-corrected chi connectivity index (χ1v) is 14.2. The molecule has 2 heterocycles. The van der Waals surface area contributed by atoms with Crippen molar-refractivity contribution in [3.05, 3.63) is 47.5 Å². The number of benzene rings is 2. The Morgan fingerprint density at radius 3 is 2.00 bits per heavy atom. The van der Waals surface area contributed by atoms with Crippen LogP contribution in [0.15, 0.2) is 36.4 Å². The highest BCUT2D eigenvalue weighted by atomic mass is 19.4. The third-order valence-corrected chi connectivity index (χ3v) is 8.25. The van der Waals surface area contributed by atoms with E-state index < -0.39 is 24.7 Å². The number of carbonyl (C=O) groups excluding carboxylic acids is 1. The molecule has 0 spiro atoms. The van der Waals surface area contributed by atoms with E-state index in [2.05, 4.69) is 32.0 Å². The lowest BCUT2D eigenvalue weighted by molar-refractivity contribution is -0.149. The van der Waals surface area contributed by atoms with Gasteiger partial charge in [-0.05, 0) is 88.9 Å². The number of anilines is 2. The number of rotatable bonds is 6. The lowest BCUT2D eigenvalue weighted by atomic mass is 9.92. The van der Waals surface area contributed by atoms with Crippen LogP contribution in [-0.2, 0) is 4.79 Å². The first-order chi connectivity index (χ1) is 20.5. The molecular weight excluding hydrogens is 559 g/mol. The third-order valence-electron chi connectivity index (χ3n) is 8.25. The standard InChI is InChI=1S/C18H20F3N5O.C12H12N4/c1-11(25(2)10-18(19,20)21)16(27)24-17-23-14-7-6-12(9-22)8-15(14)26(17)13-4-3-5-13;13-7-8-4-5-10-11(6-8)16(12(14)15-10)9-2-1-3-9/h6-8,11,13H,3-5,10H2,1-2H3,(H,23,24,27);4-6,9H,1-3H2,(H2,14,15)/t11-;/m1./s1. The molecule has 4 aromatic rings. The SMILES string of the molecule is C[C@H](C(=O)Nc1nc2ccc(C#N)cc2n1C1CCC1)N(C)CC(F)(F)F.N#Cc1ccc2nc(N)n(C3CCC3)c2c1. The van der Waals surface area contributed by atoms with Crippen molar-refractivity contribution in [1.82, 2.24) is 24.0 Å². The van der Waals surface area contributed by atoms with Crippen molar-refractivity contribution in [1.29, 1.82) is 10.5 Å². The number of imidazole rings is 2. The predicted octanol–water partition coefficient (Wildman–Crippen LogP) is 5.67. The summed E-state index contributed by atoms with van der Waals surface area (Å²) in [6.07, 6.45) is 2.10. The van der Waals surface area contributed by atoms with Gasteiger partial charge in [0, 0.05) is 12.1 Å². The van der Waals surface area contributed by atoms with Crippen LogP contribution in [0.3, 0.4) is 0 Å². The Hall–Kier alpha value is -4.62. The van der Waals surface area contributed by atoms with Gasteiger partial charge in [-0.15, -0.1) is 0 Å². The van der Waals surface area contributed by atoms with Gasteiger partial charge in [-0.1, -0.05) is 0 Å². The summed E-state index contributed by atoms with van der Waals surface area (Å²) in [5.74, 6) is 0.315. The van der Waals surface area contributed by atoms with Crippen molar-refractivity contribution in [2.75, 3.05) is 24.6 Å². The number of nitrogens with two attached hydrogens (primary N) is 1. The van der Waals surface area contributed by atoms with Crippen LogP contribution < -0.4 is 11.1 Å². The maximum absolute atomic E-state index is 12.6. The quantitative estimate of drug-likeness (QED) is 0.294. The number of halogens is 3. The van der Waals surface area contributed by atoms with E-state index in [-0.39, 0.29) is 6.04 Å². The van der Waals surface area contributed by atoms with Gasteiger partial charge in [-0.25, -0.2) is 9.97 Å². The van der Waals surface area contributed by atoms with Gasteiger partial charge in [0.15, 0.2) is 0 Å². The van der Waals surface area contributed by atoms with Crippen molar-refractivity contribution in [2.45, 2.75) is 69.8 Å². The number of carbonyl (C=O) groups is 1. The lowest BCUT2D eigenvalue weighted by Crippen LogP contribution is -2.44. The van der Waals surface area contributed by atoms with Crippen LogP contribution in [0, 0.1) is 22.7 Å². The fourth-order valence-corrected chi connectivity index (χ4v) is 5.31. The predicted molar refractivity (Wildman–Crippen MR) is 156 cm³/mol. The monoisotopic (exact) mass is 591 g/mol. The molecule has 0 aliphatic heterocycles. The van der Waals surface area contributed by atoms with Crippen LogP contribution in [0.25, 0.3) is 22.1 Å². The average Bonchev–Trinajstić information content (AvgIpc) is 3.41. The van der Waals surface area contributed by atoms with Gasteiger partial charge in [-0.2, -0.15) is 23.7 Å². The topological polar surface area (TPSA) is 142 Å². The molecule has 1 atom stereocenters. The Balaban J connectivity index is 0.000000194. The molecule has 0 saturated heterocycles. The number of amides is 1. The fraction of sp³-hybridized carbons (Fsp3) is 0.433. The summed E-state index contributed by atoms with van der Waals surface area (Å²) in [5, 5.41) is 20.7. The molecule has 2 aliphatic rings. The minimum atomic E-state index is -4.38. The number of aromatic nitrogens is 4. The van der Waals surface area contributed by atoms with E-state index in [1.807, 2.05) is 16.7 Å². The summed E-state index contributed by atoms with van der Waals surface area (Å²) in [5.41, 5.74) is 10.3. The first-order valence-electron chi connectivity index (χ1n) is 14.2. The Kier molecular flexibility index (Phi) is 8.29. The molecule has 2 aromatic carbocycles. The van der Waals surface area contributed by atoms with E-state index in [1.54, 1.807) is 24.3 Å². The highest BCUT2D eigenvalue weighted by Gasteiger charge is 2.33. The molecule has 2 fully saturated rings. The highest BCUT2D eigenvalue weighted by molar-refractivity contribution is 5.95. The van der Waals surface area contributed by atoms with Crippen molar-refractivity contribution >= 4 is 39.9 Å². The number of likely N-dealkylation sites (N-methyl/N-ethyl adjacent to an activating group) is 1. The van der Waals surface area contributed by atoms with Crippen LogP contribution in [0.2, 0.25) is 0 Å². The van der Waals surface area contributed by atoms with Crippen LogP contribution >= 0.6 is 0 Å². The van der Waals surface area contributed by atoms with E-state index in [1.165, 1.54) is 20.4 Å². The van der Waals surface area contributed by atoms with Gasteiger partial charge in [-0.3, -0.25) is 15.0 Å². The normalized spacial score (nSPS) is 16.1. The number of nitrogens with one attached hydrogen (secondary N) is 1. The molecule has 10 nitrogen and oxygen atoms in total. The fourth-order valence-electron chi connectivity index (χ4n) is 5.31. The summed E-state index contributed by atoms with van der Waals surface area (Å²) >= 11 is 0. The molecule has 2 saturated carbocycles. The summed E-state index contributed by atoms with van der Waals surface area (Å²) in [6.45, 7) is 0.247. The highest BCUT2D eigenvalue weighted by Crippen LogP contribution is 2.38. The molecule has 43 heavy (non-hydrogen) atoms. The lowest BCUT2D eigenvalue weighted by Gasteiger charge is -2.30. The zero-order valence-corrected chi connectivity index (χ0v) is 23.9. The molecule has 0 unspecified atom stereocenters. The van der Waals surface area contributed by atoms with Gasteiger partial charge >= 0.3 is 6.18 Å². The summed E-state index contributed by atoms with van der Waals surface area (Å²) in [4.78, 5) is 22.2. The van der Waals surface area contributed by atoms with Crippen molar-refractivity contribution in [2.24, 2.45) is 0 Å². The second-order valence-electron chi connectivity index (χ2n) is 11.1. The first kappa shape index (κ1) is 29.9. The Morgan fingerprint density at radius 2 is 1.51 bits per heavy atom. The number of fused-ring (bicyclic) bond motifs is 2. The molecule has 6 rings (SSSR count). The van der Waals surface area contributed by atoms with E-state index >= 15 is 0 Å². The molecule has 1 amide bonds. The van der Waals surface area contributed by atoms with Crippen molar-refractivity contribution in [3.63, 3.8) is 0 Å². The van der Waals surface area contributed by atoms with Gasteiger partial charge in [0.2, 0.25) is 17.8 Å². The molecular formula is C30H32F3N9O. The molecule has 2 aliphatic carbocycles. The van der Waals surface area contributed by atoms with Crippen molar-refractivity contribution < 1.29 is 18.0 Å². The molecule has 224 valence electrons. The van der Waals surface area contributed by atoms with E-state index in [4.69, 9.17) is 16.3 Å². The van der Waals surface area contributed by atoms with Crippen LogP contribution in [-0.4, -0.2) is 55.7 Å². The molecule has 2 aromatic heterocycles. The number of nitrogen functional groups attached to an aromatic ring is 1. The smallest absolute Gasteiger partial charge is 0.369 e. The van der Waals surface area contributed by atoms with Crippen molar-refractivity contribution in [3.8, 4) is 12.1 Å². The number of nitrogens with zero attached hydrogens (tertiary/aromatic N) is 7. The minimum absolute atomic E-state index is 0.155. The largest absolute Gasteiger partial charge is 0.401 e. The van der Waals surface area contributed by atoms with Gasteiger partial charge in [0.1, 0.15) is 0 Å². The maximum Gasteiger partial charge on any atom is 0.401 e. The zero-order valence-electron chi connectivity index (χ0n) is 23.9. The Bertz CT molecular complexity index is 1740. The van der Waals surface area contributed by atoms with Gasteiger partial charge < -0.3 is 14.9 Å². The van der Waals surface area contributed by atoms with Crippen LogP contribution in [0.4, 0.5) is 25.1 Å². The summed E-state index contributed by atoms with van der Waals surface area (Å²) in [6, 6.07) is 14.5. The molecule has 3 N–H and O–H groups in total. The molecule has 0 radical (unpaired) electrons. The number of hydrogen-bond donors (Lipinski definition) is 2. The van der Waals surface area contributed by atoms with Crippen LogP contribution in [0.5, 0.6) is 0 Å².